The molecule has 0 bridgehead atoms. The Balaban J connectivity index is 2.81. The molecule has 0 fully saturated rings. The van der Waals surface area contributed by atoms with E-state index in [1.165, 1.54) is 12.1 Å². The van der Waals surface area contributed by atoms with Crippen LogP contribution in [0.2, 0.25) is 0 Å². The third-order valence-electron chi connectivity index (χ3n) is 9.77. The van der Waals surface area contributed by atoms with E-state index in [4.69, 9.17) is 18.1 Å². The zero-order valence-corrected chi connectivity index (χ0v) is 38.4. The van der Waals surface area contributed by atoms with Crippen molar-refractivity contribution in [2.75, 3.05) is 26.4 Å². The lowest BCUT2D eigenvalue weighted by Crippen LogP contribution is -2.21. The van der Waals surface area contributed by atoms with Gasteiger partial charge in [0.2, 0.25) is 0 Å². The molecule has 0 saturated carbocycles. The molecule has 314 valence electrons. The van der Waals surface area contributed by atoms with Crippen molar-refractivity contribution >= 4 is 15.2 Å². The van der Waals surface area contributed by atoms with E-state index < -0.39 is 59.7 Å². The Morgan fingerprint density at radius 3 is 0.839 bits per heavy atom. The Kier molecular flexibility index (Phi) is 14.6. The Morgan fingerprint density at radius 2 is 0.661 bits per heavy atom. The van der Waals surface area contributed by atoms with Crippen LogP contribution in [0.5, 0.6) is 23.0 Å². The fraction of sp³-hybridized carbons (Fsp3) is 0.591. The van der Waals surface area contributed by atoms with Crippen LogP contribution in [0.1, 0.15) is 167 Å². The fourth-order valence-corrected chi connectivity index (χ4v) is 11.5. The van der Waals surface area contributed by atoms with Gasteiger partial charge in [-0.05, 0) is 106 Å². The van der Waals surface area contributed by atoms with Gasteiger partial charge in [0.15, 0.2) is 11.5 Å². The summed E-state index contributed by atoms with van der Waals surface area (Å²) in [6.45, 7) is 30.5. The maximum Gasteiger partial charge on any atom is 0.342 e. The molecule has 4 N–H and O–H groups in total. The molecule has 3 aromatic rings. The molecule has 0 aliphatic rings. The number of rotatable bonds is 14. The standard InChI is InChI=1S/C44H68O10P2/c1-17-51-55(49,52-18-2)39(27-21-31(41(5,6)7)37(47)32(22-27)42(8,9)10)29-25-35(45)36(46)26-30(29)40(56(50,53-19-3)54-20-4)28-23-33(43(11,12)13)38(48)34(24-28)44(14,15)16/h21-26,39-40,45-48H,17-20H2,1-16H3. The molecule has 3 rings (SSSR count). The van der Waals surface area contributed by atoms with E-state index in [1.807, 2.05) is 83.1 Å². The lowest BCUT2D eigenvalue weighted by Gasteiger charge is -2.36. The molecule has 0 heterocycles. The number of hydrogen-bond donors (Lipinski definition) is 4. The van der Waals surface area contributed by atoms with Crippen LogP contribution in [-0.4, -0.2) is 46.9 Å². The van der Waals surface area contributed by atoms with Crippen LogP contribution in [-0.2, 0) is 48.9 Å². The van der Waals surface area contributed by atoms with E-state index in [0.29, 0.717) is 33.4 Å². The zero-order chi connectivity index (χ0) is 43.0. The lowest BCUT2D eigenvalue weighted by atomic mass is 9.77. The van der Waals surface area contributed by atoms with Crippen molar-refractivity contribution in [1.82, 2.24) is 0 Å². The molecule has 3 aromatic carbocycles. The van der Waals surface area contributed by atoms with Gasteiger partial charge in [-0.1, -0.05) is 107 Å². The molecule has 0 aliphatic heterocycles. The number of phenolic OH excluding ortho intramolecular Hbond substituents is 4. The Bertz CT molecular complexity index is 1730. The van der Waals surface area contributed by atoms with Crippen LogP contribution in [0.4, 0.5) is 0 Å². The summed E-state index contributed by atoms with van der Waals surface area (Å²) in [6.07, 6.45) is 0. The maximum absolute atomic E-state index is 15.5. The molecule has 0 spiro atoms. The molecule has 56 heavy (non-hydrogen) atoms. The number of hydrogen-bond acceptors (Lipinski definition) is 10. The number of benzene rings is 3. The van der Waals surface area contributed by atoms with Gasteiger partial charge >= 0.3 is 15.2 Å². The van der Waals surface area contributed by atoms with Crippen molar-refractivity contribution in [3.05, 3.63) is 80.9 Å². The van der Waals surface area contributed by atoms with Gasteiger partial charge in [-0.3, -0.25) is 9.13 Å². The topological polar surface area (TPSA) is 152 Å². The zero-order valence-electron chi connectivity index (χ0n) is 36.6. The molecule has 2 atom stereocenters. The van der Waals surface area contributed by atoms with Gasteiger partial charge in [0.05, 0.1) is 26.4 Å². The molecule has 0 aromatic heterocycles. The molecular weight excluding hydrogens is 750 g/mol. The normalized spacial score (nSPS) is 14.6. The fourth-order valence-electron chi connectivity index (χ4n) is 7.16. The van der Waals surface area contributed by atoms with Crippen LogP contribution in [0.15, 0.2) is 36.4 Å². The Morgan fingerprint density at radius 1 is 0.446 bits per heavy atom. The summed E-state index contributed by atoms with van der Waals surface area (Å²) in [7, 11) is -8.55. The monoisotopic (exact) mass is 818 g/mol. The average molecular weight is 819 g/mol. The molecule has 0 saturated heterocycles. The molecule has 0 radical (unpaired) electrons. The highest BCUT2D eigenvalue weighted by molar-refractivity contribution is 7.55. The van der Waals surface area contributed by atoms with Gasteiger partial charge in [-0.25, -0.2) is 0 Å². The largest absolute Gasteiger partial charge is 0.507 e. The highest BCUT2D eigenvalue weighted by Crippen LogP contribution is 2.70. The van der Waals surface area contributed by atoms with E-state index in [-0.39, 0.29) is 49.1 Å². The summed E-state index contributed by atoms with van der Waals surface area (Å²) < 4.78 is 55.5. The first-order valence-corrected chi connectivity index (χ1v) is 22.8. The summed E-state index contributed by atoms with van der Waals surface area (Å²) in [6, 6.07) is 9.75. The van der Waals surface area contributed by atoms with Gasteiger partial charge in [-0.2, -0.15) is 0 Å². The lowest BCUT2D eigenvalue weighted by molar-refractivity contribution is 0.212. The minimum absolute atomic E-state index is 0.00514. The second-order valence-electron chi connectivity index (χ2n) is 18.5. The van der Waals surface area contributed by atoms with Crippen molar-refractivity contribution in [1.29, 1.82) is 0 Å². The molecule has 10 nitrogen and oxygen atoms in total. The second-order valence-corrected chi connectivity index (χ2v) is 22.7. The third kappa shape index (κ3) is 10.1. The van der Waals surface area contributed by atoms with Crippen molar-refractivity contribution in [3.8, 4) is 23.0 Å². The summed E-state index contributed by atoms with van der Waals surface area (Å²) in [5.41, 5.74) is -1.26. The molecule has 0 amide bonds. The highest BCUT2D eigenvalue weighted by Gasteiger charge is 2.47. The van der Waals surface area contributed by atoms with Crippen LogP contribution in [0.25, 0.3) is 0 Å². The van der Waals surface area contributed by atoms with Crippen LogP contribution in [0, 0.1) is 0 Å². The molecule has 12 heteroatoms. The Labute approximate surface area is 336 Å². The third-order valence-corrected chi connectivity index (χ3v) is 14.7. The first-order chi connectivity index (χ1) is 25.5. The van der Waals surface area contributed by atoms with Gasteiger partial charge in [-0.15, -0.1) is 0 Å². The van der Waals surface area contributed by atoms with Gasteiger partial charge in [0.25, 0.3) is 0 Å². The van der Waals surface area contributed by atoms with E-state index in [1.54, 1.807) is 52.0 Å². The van der Waals surface area contributed by atoms with E-state index >= 15 is 9.13 Å². The number of phenols is 4. The summed E-state index contributed by atoms with van der Waals surface area (Å²) >= 11 is 0. The van der Waals surface area contributed by atoms with Crippen LogP contribution in [0.3, 0.4) is 0 Å². The van der Waals surface area contributed by atoms with Gasteiger partial charge in [0, 0.05) is 0 Å². The quantitative estimate of drug-likeness (QED) is 0.0913. The highest BCUT2D eigenvalue weighted by atomic mass is 31.2. The van der Waals surface area contributed by atoms with Gasteiger partial charge < -0.3 is 38.5 Å². The molecular formula is C44H68O10P2. The van der Waals surface area contributed by atoms with Crippen molar-refractivity contribution in [2.45, 2.75) is 144 Å². The Hall–Kier alpha value is -2.84. The SMILES string of the molecule is CCOP(=O)(OCC)C(c1cc(C(C)(C)C)c(O)c(C(C)(C)C)c1)c1cc(O)c(O)cc1C(c1cc(C(C)(C)C)c(O)c(C(C)(C)C)c1)P(=O)(OCC)OCC. The molecule has 2 unspecified atom stereocenters. The minimum atomic E-state index is -4.27. The van der Waals surface area contributed by atoms with E-state index in [2.05, 4.69) is 0 Å². The van der Waals surface area contributed by atoms with Crippen molar-refractivity contribution in [2.24, 2.45) is 0 Å². The van der Waals surface area contributed by atoms with E-state index in [0.717, 1.165) is 0 Å². The van der Waals surface area contributed by atoms with Gasteiger partial charge in [0.1, 0.15) is 22.8 Å². The second kappa shape index (κ2) is 17.2. The van der Waals surface area contributed by atoms with Crippen molar-refractivity contribution in [3.63, 3.8) is 0 Å². The first kappa shape index (κ1) is 47.5. The first-order valence-electron chi connectivity index (χ1n) is 19.6. The van der Waals surface area contributed by atoms with Crippen LogP contribution >= 0.6 is 15.2 Å². The average Bonchev–Trinajstić information content (AvgIpc) is 3.02. The predicted octanol–water partition coefficient (Wildman–Crippen LogP) is 12.4. The van der Waals surface area contributed by atoms with Crippen molar-refractivity contribution < 1.29 is 47.7 Å². The summed E-state index contributed by atoms with van der Waals surface area (Å²) in [5.74, 6) is -0.825. The summed E-state index contributed by atoms with van der Waals surface area (Å²) in [4.78, 5) is 0. The van der Waals surface area contributed by atoms with Crippen LogP contribution < -0.4 is 0 Å². The number of aromatic hydroxyl groups is 4. The minimum Gasteiger partial charge on any atom is -0.507 e. The maximum atomic E-state index is 15.5. The predicted molar refractivity (Wildman–Crippen MR) is 226 cm³/mol. The summed E-state index contributed by atoms with van der Waals surface area (Å²) in [5, 5.41) is 46.2. The molecule has 0 aliphatic carbocycles. The smallest absolute Gasteiger partial charge is 0.342 e. The van der Waals surface area contributed by atoms with E-state index in [9.17, 15) is 20.4 Å².